The Hall–Kier alpha value is -5.52. The van der Waals surface area contributed by atoms with E-state index >= 15 is 0 Å². The van der Waals surface area contributed by atoms with Crippen molar-refractivity contribution in [2.45, 2.75) is 87.0 Å². The van der Waals surface area contributed by atoms with Gasteiger partial charge in [-0.25, -0.2) is 13.4 Å². The second-order valence-electron chi connectivity index (χ2n) is 15.5. The van der Waals surface area contributed by atoms with Crippen LogP contribution in [0.5, 0.6) is 5.75 Å². The monoisotopic (exact) mass is 794 g/mol. The zero-order chi connectivity index (χ0) is 39.4. The number of anilines is 1. The first-order valence-electron chi connectivity index (χ1n) is 19.5. The Morgan fingerprint density at radius 2 is 1.58 bits per heavy atom. The number of fused-ring (bicyclic) bond motifs is 2. The van der Waals surface area contributed by atoms with Gasteiger partial charge in [-0.2, -0.15) is 9.29 Å². The number of rotatable bonds is 10. The Morgan fingerprint density at radius 1 is 0.842 bits per heavy atom. The van der Waals surface area contributed by atoms with E-state index in [4.69, 9.17) is 9.72 Å². The highest BCUT2D eigenvalue weighted by Gasteiger charge is 2.45. The standard InChI is InChI=1S/C40H42N8O8S/c49-34-13-12-33(37(51)43-34)48-38(52)31-11-5-24(19-32(31)39(48)53)21-45-22-29(23-45)56-28-7-9-30(10-8-28)57(54,55)46-17-15-26(16-18-46)42-40-41-20-25-6-14-35(50)47(36(25)44-40)27-3-1-2-4-27/h5-11,14,19-20,26-27,29,33H,1-4,12-13,15-18,21-23H2,(H,41,42,44)(H,43,49,51). The molecule has 3 saturated heterocycles. The number of hydrogen-bond acceptors (Lipinski definition) is 12. The molecule has 17 heteroatoms. The van der Waals surface area contributed by atoms with Crippen LogP contribution >= 0.6 is 0 Å². The number of amides is 4. The molecule has 6 heterocycles. The van der Waals surface area contributed by atoms with Gasteiger partial charge in [-0.15, -0.1) is 0 Å². The average Bonchev–Trinajstić information content (AvgIpc) is 3.80. The lowest BCUT2D eigenvalue weighted by Gasteiger charge is -2.39. The van der Waals surface area contributed by atoms with Gasteiger partial charge in [-0.1, -0.05) is 18.9 Å². The van der Waals surface area contributed by atoms with E-state index in [0.29, 0.717) is 62.9 Å². The van der Waals surface area contributed by atoms with E-state index < -0.39 is 39.7 Å². The first kappa shape index (κ1) is 37.1. The van der Waals surface area contributed by atoms with Crippen LogP contribution in [-0.2, 0) is 26.2 Å². The minimum absolute atomic E-state index is 0.0215. The average molecular weight is 795 g/mol. The van der Waals surface area contributed by atoms with Crippen molar-refractivity contribution in [2.75, 3.05) is 31.5 Å². The molecule has 9 rings (SSSR count). The maximum absolute atomic E-state index is 13.6. The van der Waals surface area contributed by atoms with Crippen molar-refractivity contribution >= 4 is 50.6 Å². The van der Waals surface area contributed by atoms with Crippen molar-refractivity contribution in [3.8, 4) is 5.75 Å². The third-order valence-electron chi connectivity index (χ3n) is 11.7. The molecule has 1 atom stereocenters. The molecule has 1 aliphatic carbocycles. The summed E-state index contributed by atoms with van der Waals surface area (Å²) in [5, 5.41) is 6.40. The van der Waals surface area contributed by atoms with E-state index in [1.807, 2.05) is 0 Å². The highest BCUT2D eigenvalue weighted by molar-refractivity contribution is 7.89. The molecule has 4 fully saturated rings. The topological polar surface area (TPSA) is 193 Å². The third-order valence-corrected chi connectivity index (χ3v) is 13.7. The lowest BCUT2D eigenvalue weighted by Crippen LogP contribution is -2.54. The van der Waals surface area contributed by atoms with E-state index in [1.165, 1.54) is 4.31 Å². The number of benzene rings is 2. The molecule has 16 nitrogen and oxygen atoms in total. The minimum atomic E-state index is -3.72. The molecule has 4 amide bonds. The molecule has 2 aromatic carbocycles. The summed E-state index contributed by atoms with van der Waals surface area (Å²) in [5.41, 5.74) is 1.89. The Labute approximate surface area is 328 Å². The Balaban J connectivity index is 0.756. The number of nitrogens with zero attached hydrogens (tertiary/aromatic N) is 6. The SMILES string of the molecule is O=C1CCC(N2C(=O)c3ccc(CN4CC(Oc5ccc(S(=O)(=O)N6CCC(Nc7ncc8ccc(=O)n(C9CCCC9)c8n7)CC6)cc5)C4)cc3C2=O)C(=O)N1. The molecule has 0 spiro atoms. The van der Waals surface area contributed by atoms with Gasteiger partial charge in [0, 0.05) is 68.9 Å². The van der Waals surface area contributed by atoms with Crippen molar-refractivity contribution in [3.05, 3.63) is 87.8 Å². The number of piperidine rings is 2. The number of sulfonamides is 1. The van der Waals surface area contributed by atoms with Crippen molar-refractivity contribution in [1.29, 1.82) is 0 Å². The van der Waals surface area contributed by atoms with Gasteiger partial charge in [0.15, 0.2) is 0 Å². The highest BCUT2D eigenvalue weighted by atomic mass is 32.2. The summed E-state index contributed by atoms with van der Waals surface area (Å²) in [5.74, 6) is -1.14. The number of nitrogens with one attached hydrogen (secondary N) is 2. The Bertz CT molecular complexity index is 2450. The fourth-order valence-corrected chi connectivity index (χ4v) is 10.1. The number of carbonyl (C=O) groups is 4. The first-order valence-corrected chi connectivity index (χ1v) is 20.9. The van der Waals surface area contributed by atoms with Crippen molar-refractivity contribution < 1.29 is 32.3 Å². The van der Waals surface area contributed by atoms with Gasteiger partial charge in [0.05, 0.1) is 16.0 Å². The molecule has 57 heavy (non-hydrogen) atoms. The molecule has 0 radical (unpaired) electrons. The van der Waals surface area contributed by atoms with Gasteiger partial charge in [0.2, 0.25) is 27.8 Å². The summed E-state index contributed by atoms with van der Waals surface area (Å²) in [7, 11) is -3.72. The molecule has 5 aliphatic rings. The Kier molecular flexibility index (Phi) is 9.61. The smallest absolute Gasteiger partial charge is 0.262 e. The van der Waals surface area contributed by atoms with Crippen LogP contribution in [0.2, 0.25) is 0 Å². The molecular formula is C40H42N8O8S. The number of imide groups is 2. The van der Waals surface area contributed by atoms with Gasteiger partial charge >= 0.3 is 0 Å². The maximum Gasteiger partial charge on any atom is 0.262 e. The van der Waals surface area contributed by atoms with Gasteiger partial charge in [0.25, 0.3) is 17.4 Å². The van der Waals surface area contributed by atoms with Crippen LogP contribution in [0.15, 0.2) is 70.5 Å². The summed E-state index contributed by atoms with van der Waals surface area (Å²) < 4.78 is 36.6. The predicted molar refractivity (Wildman–Crippen MR) is 206 cm³/mol. The molecule has 4 aliphatic heterocycles. The van der Waals surface area contributed by atoms with E-state index in [0.717, 1.165) is 41.5 Å². The molecule has 2 N–H and O–H groups in total. The third kappa shape index (κ3) is 7.08. The van der Waals surface area contributed by atoms with E-state index in [1.54, 1.807) is 65.4 Å². The van der Waals surface area contributed by atoms with Crippen LogP contribution in [0.1, 0.15) is 83.7 Å². The largest absolute Gasteiger partial charge is 0.488 e. The maximum atomic E-state index is 13.6. The van der Waals surface area contributed by atoms with Crippen LogP contribution in [-0.4, -0.2) is 105 Å². The van der Waals surface area contributed by atoms with Crippen molar-refractivity contribution in [1.82, 2.24) is 34.0 Å². The number of pyridine rings is 1. The lowest BCUT2D eigenvalue weighted by molar-refractivity contribution is -0.136. The van der Waals surface area contributed by atoms with Crippen LogP contribution in [0.3, 0.4) is 0 Å². The van der Waals surface area contributed by atoms with Gasteiger partial charge in [-0.05, 0) is 80.1 Å². The van der Waals surface area contributed by atoms with Gasteiger partial charge in [-0.3, -0.25) is 43.7 Å². The summed E-state index contributed by atoms with van der Waals surface area (Å²) in [6.07, 6.45) is 7.05. The Morgan fingerprint density at radius 3 is 2.32 bits per heavy atom. The number of carbonyl (C=O) groups excluding carboxylic acids is 4. The number of likely N-dealkylation sites (tertiary alicyclic amines) is 1. The fraction of sp³-hybridized carbons (Fsp3) is 0.425. The second-order valence-corrected chi connectivity index (χ2v) is 17.4. The van der Waals surface area contributed by atoms with Crippen LogP contribution in [0, 0.1) is 0 Å². The van der Waals surface area contributed by atoms with Crippen LogP contribution in [0.25, 0.3) is 11.0 Å². The zero-order valence-electron chi connectivity index (χ0n) is 31.1. The van der Waals surface area contributed by atoms with Crippen LogP contribution in [0.4, 0.5) is 5.95 Å². The normalized spacial score (nSPS) is 21.5. The highest BCUT2D eigenvalue weighted by Crippen LogP contribution is 2.32. The lowest BCUT2D eigenvalue weighted by atomic mass is 10.0. The molecular weight excluding hydrogens is 753 g/mol. The number of hydrogen-bond donors (Lipinski definition) is 2. The van der Waals surface area contributed by atoms with Crippen LogP contribution < -0.4 is 20.9 Å². The summed E-state index contributed by atoms with van der Waals surface area (Å²) in [6, 6.07) is 14.0. The molecule has 1 unspecified atom stereocenters. The van der Waals surface area contributed by atoms with E-state index in [9.17, 15) is 32.4 Å². The minimum Gasteiger partial charge on any atom is -0.488 e. The summed E-state index contributed by atoms with van der Waals surface area (Å²) in [4.78, 5) is 75.4. The first-order chi connectivity index (χ1) is 27.5. The number of ether oxygens (including phenoxy) is 1. The predicted octanol–water partition coefficient (Wildman–Crippen LogP) is 2.84. The summed E-state index contributed by atoms with van der Waals surface area (Å²) >= 11 is 0. The second kappa shape index (κ2) is 14.8. The fourth-order valence-electron chi connectivity index (χ4n) is 8.68. The zero-order valence-corrected chi connectivity index (χ0v) is 31.9. The number of aromatic nitrogens is 3. The molecule has 2 aromatic heterocycles. The molecule has 4 aromatic rings. The van der Waals surface area contributed by atoms with E-state index in [-0.39, 0.29) is 52.6 Å². The van der Waals surface area contributed by atoms with E-state index in [2.05, 4.69) is 20.5 Å². The van der Waals surface area contributed by atoms with Gasteiger partial charge in [0.1, 0.15) is 23.5 Å². The summed E-state index contributed by atoms with van der Waals surface area (Å²) in [6.45, 7) is 2.42. The molecule has 0 bridgehead atoms. The molecule has 1 saturated carbocycles. The van der Waals surface area contributed by atoms with Crippen molar-refractivity contribution in [2.24, 2.45) is 0 Å². The van der Waals surface area contributed by atoms with Crippen molar-refractivity contribution in [3.63, 3.8) is 0 Å². The quantitative estimate of drug-likeness (QED) is 0.224. The molecule has 296 valence electrons. The van der Waals surface area contributed by atoms with Gasteiger partial charge < -0.3 is 10.1 Å².